The van der Waals surface area contributed by atoms with Crippen molar-refractivity contribution in [1.29, 1.82) is 0 Å². The minimum atomic E-state index is 1.03. The van der Waals surface area contributed by atoms with Crippen LogP contribution >= 0.6 is 0 Å². The molecule has 1 aliphatic rings. The number of hydrogen-bond acceptors (Lipinski definition) is 2. The van der Waals surface area contributed by atoms with Gasteiger partial charge < -0.3 is 4.57 Å². The van der Waals surface area contributed by atoms with Gasteiger partial charge in [0.15, 0.2) is 0 Å². The third-order valence-corrected chi connectivity index (χ3v) is 2.78. The normalized spacial score (nSPS) is 14.6. The van der Waals surface area contributed by atoms with Crippen molar-refractivity contribution in [2.24, 2.45) is 12.0 Å². The number of aromatic nitrogens is 2. The average Bonchev–Trinajstić information content (AvgIpc) is 2.55. The van der Waals surface area contributed by atoms with Crippen molar-refractivity contribution in [3.8, 4) is 0 Å². The zero-order chi connectivity index (χ0) is 9.54. The maximum Gasteiger partial charge on any atom is 0.114 e. The molecule has 3 heterocycles. The van der Waals surface area contributed by atoms with Crippen LogP contribution in [0.15, 0.2) is 23.3 Å². The SMILES string of the molecule is Cn1c2c(c3ncccc31)N=CCC2. The topological polar surface area (TPSA) is 30.2 Å². The standard InChI is InChI=1S/C11H11N3/c1-14-8-4-2-6-12-10(8)11-9(14)5-3-7-13-11/h2,4,6-7H,3,5H2,1H3. The molecule has 1 aliphatic heterocycles. The zero-order valence-electron chi connectivity index (χ0n) is 8.07. The fourth-order valence-electron chi connectivity index (χ4n) is 2.07. The van der Waals surface area contributed by atoms with Gasteiger partial charge in [0.1, 0.15) is 11.2 Å². The highest BCUT2D eigenvalue weighted by molar-refractivity contribution is 5.92. The molecular weight excluding hydrogens is 174 g/mol. The van der Waals surface area contributed by atoms with Crippen molar-refractivity contribution in [2.75, 3.05) is 0 Å². The first-order valence-electron chi connectivity index (χ1n) is 4.83. The summed E-state index contributed by atoms with van der Waals surface area (Å²) in [7, 11) is 2.09. The molecule has 0 spiro atoms. The van der Waals surface area contributed by atoms with Gasteiger partial charge in [-0.1, -0.05) is 0 Å². The van der Waals surface area contributed by atoms with E-state index >= 15 is 0 Å². The molecule has 2 aromatic rings. The van der Waals surface area contributed by atoms with E-state index in [2.05, 4.69) is 27.7 Å². The predicted molar refractivity (Wildman–Crippen MR) is 57.2 cm³/mol. The van der Waals surface area contributed by atoms with Crippen LogP contribution in [0.3, 0.4) is 0 Å². The summed E-state index contributed by atoms with van der Waals surface area (Å²) in [5, 5.41) is 0. The van der Waals surface area contributed by atoms with Gasteiger partial charge in [-0.3, -0.25) is 9.98 Å². The molecule has 2 aromatic heterocycles. The van der Waals surface area contributed by atoms with Gasteiger partial charge in [-0.25, -0.2) is 0 Å². The van der Waals surface area contributed by atoms with Crippen molar-refractivity contribution in [2.45, 2.75) is 12.8 Å². The summed E-state index contributed by atoms with van der Waals surface area (Å²) in [5.74, 6) is 0. The lowest BCUT2D eigenvalue weighted by Gasteiger charge is -2.06. The summed E-state index contributed by atoms with van der Waals surface area (Å²) in [4.78, 5) is 8.81. The molecule has 0 N–H and O–H groups in total. The quantitative estimate of drug-likeness (QED) is 0.619. The molecule has 0 saturated heterocycles. The van der Waals surface area contributed by atoms with Crippen LogP contribution in [0, 0.1) is 0 Å². The second kappa shape index (κ2) is 2.67. The molecule has 0 saturated carbocycles. The van der Waals surface area contributed by atoms with Crippen LogP contribution < -0.4 is 0 Å². The van der Waals surface area contributed by atoms with E-state index < -0.39 is 0 Å². The molecule has 0 fully saturated rings. The summed E-state index contributed by atoms with van der Waals surface area (Å²) < 4.78 is 2.20. The fraction of sp³-hybridized carbons (Fsp3) is 0.273. The van der Waals surface area contributed by atoms with E-state index in [1.165, 1.54) is 11.2 Å². The van der Waals surface area contributed by atoms with Gasteiger partial charge >= 0.3 is 0 Å². The maximum absolute atomic E-state index is 4.43. The molecule has 3 rings (SSSR count). The van der Waals surface area contributed by atoms with Crippen molar-refractivity contribution >= 4 is 22.9 Å². The number of rotatable bonds is 0. The fourth-order valence-corrected chi connectivity index (χ4v) is 2.07. The second-order valence-corrected chi connectivity index (χ2v) is 3.58. The Hall–Kier alpha value is -1.64. The maximum atomic E-state index is 4.43. The summed E-state index contributed by atoms with van der Waals surface area (Å²) in [6.45, 7) is 0. The van der Waals surface area contributed by atoms with Crippen LogP contribution in [0.4, 0.5) is 5.69 Å². The van der Waals surface area contributed by atoms with E-state index in [-0.39, 0.29) is 0 Å². The Kier molecular flexibility index (Phi) is 1.48. The summed E-state index contributed by atoms with van der Waals surface area (Å²) in [6, 6.07) is 4.06. The number of aliphatic imine (C=N–C) groups is 1. The highest BCUT2D eigenvalue weighted by Gasteiger charge is 2.16. The van der Waals surface area contributed by atoms with Crippen molar-refractivity contribution in [1.82, 2.24) is 9.55 Å². The zero-order valence-corrected chi connectivity index (χ0v) is 8.07. The number of hydrogen-bond donors (Lipinski definition) is 0. The van der Waals surface area contributed by atoms with Crippen molar-refractivity contribution in [3.05, 3.63) is 24.0 Å². The molecule has 0 radical (unpaired) electrons. The van der Waals surface area contributed by atoms with Crippen LogP contribution in [0.1, 0.15) is 12.1 Å². The molecule has 0 atom stereocenters. The third-order valence-electron chi connectivity index (χ3n) is 2.78. The molecule has 3 nitrogen and oxygen atoms in total. The smallest absolute Gasteiger partial charge is 0.114 e. The number of aryl methyl sites for hydroxylation is 1. The monoisotopic (exact) mass is 185 g/mol. The van der Waals surface area contributed by atoms with Gasteiger partial charge in [0.05, 0.1) is 5.52 Å². The lowest BCUT2D eigenvalue weighted by Crippen LogP contribution is -1.99. The van der Waals surface area contributed by atoms with Gasteiger partial charge in [0.25, 0.3) is 0 Å². The minimum absolute atomic E-state index is 1.03. The molecule has 0 unspecified atom stereocenters. The van der Waals surface area contributed by atoms with Crippen LogP contribution in [0.5, 0.6) is 0 Å². The van der Waals surface area contributed by atoms with Crippen LogP contribution in [-0.2, 0) is 13.5 Å². The Morgan fingerprint density at radius 3 is 3.29 bits per heavy atom. The Bertz CT molecular complexity index is 523. The highest BCUT2D eigenvalue weighted by Crippen LogP contribution is 2.33. The van der Waals surface area contributed by atoms with E-state index in [4.69, 9.17) is 0 Å². The molecule has 0 aromatic carbocycles. The lowest BCUT2D eigenvalue weighted by atomic mass is 10.2. The van der Waals surface area contributed by atoms with Gasteiger partial charge in [0.2, 0.25) is 0 Å². The third kappa shape index (κ3) is 0.867. The summed E-state index contributed by atoms with van der Waals surface area (Å²) in [5.41, 5.74) is 4.58. The Morgan fingerprint density at radius 2 is 2.36 bits per heavy atom. The predicted octanol–water partition coefficient (Wildman–Crippen LogP) is 2.22. The molecule has 3 heteroatoms. The molecule has 14 heavy (non-hydrogen) atoms. The van der Waals surface area contributed by atoms with E-state index in [0.717, 1.165) is 24.0 Å². The first-order chi connectivity index (χ1) is 6.88. The van der Waals surface area contributed by atoms with Crippen LogP contribution in [0.2, 0.25) is 0 Å². The largest absolute Gasteiger partial charge is 0.344 e. The molecule has 0 amide bonds. The van der Waals surface area contributed by atoms with Crippen molar-refractivity contribution < 1.29 is 0 Å². The Morgan fingerprint density at radius 1 is 1.43 bits per heavy atom. The van der Waals surface area contributed by atoms with Crippen LogP contribution in [0.25, 0.3) is 11.0 Å². The first-order valence-corrected chi connectivity index (χ1v) is 4.83. The lowest BCUT2D eigenvalue weighted by molar-refractivity contribution is 0.839. The summed E-state index contributed by atoms with van der Waals surface area (Å²) in [6.07, 6.45) is 5.92. The number of pyridine rings is 1. The van der Waals surface area contributed by atoms with E-state index in [1.807, 2.05) is 18.5 Å². The minimum Gasteiger partial charge on any atom is -0.344 e. The number of fused-ring (bicyclic) bond motifs is 3. The second-order valence-electron chi connectivity index (χ2n) is 3.58. The molecule has 70 valence electrons. The number of nitrogens with zero attached hydrogens (tertiary/aromatic N) is 3. The first kappa shape index (κ1) is 7.74. The molecular formula is C11H11N3. The average molecular weight is 185 g/mol. The highest BCUT2D eigenvalue weighted by atomic mass is 15.0. The Balaban J connectivity index is 2.48. The van der Waals surface area contributed by atoms with Gasteiger partial charge in [-0.15, -0.1) is 0 Å². The summed E-state index contributed by atoms with van der Waals surface area (Å²) >= 11 is 0. The van der Waals surface area contributed by atoms with Crippen molar-refractivity contribution in [3.63, 3.8) is 0 Å². The van der Waals surface area contributed by atoms with Gasteiger partial charge in [-0.05, 0) is 25.0 Å². The van der Waals surface area contributed by atoms with Gasteiger partial charge in [-0.2, -0.15) is 0 Å². The van der Waals surface area contributed by atoms with Gasteiger partial charge in [0, 0.05) is 25.2 Å². The van der Waals surface area contributed by atoms with Crippen LogP contribution in [-0.4, -0.2) is 15.8 Å². The molecule has 0 bridgehead atoms. The van der Waals surface area contributed by atoms with E-state index in [9.17, 15) is 0 Å². The molecule has 0 aliphatic carbocycles. The van der Waals surface area contributed by atoms with E-state index in [0.29, 0.717) is 0 Å². The Labute approximate surface area is 82.1 Å². The van der Waals surface area contributed by atoms with E-state index in [1.54, 1.807) is 0 Å².